The van der Waals surface area contributed by atoms with Gasteiger partial charge < -0.3 is 19.3 Å². The highest BCUT2D eigenvalue weighted by Crippen LogP contribution is 2.17. The summed E-state index contributed by atoms with van der Waals surface area (Å²) in [5.74, 6) is 0.893. The smallest absolute Gasteiger partial charge is 0.409 e. The number of piperazine rings is 1. The lowest BCUT2D eigenvalue weighted by molar-refractivity contribution is 0.105. The standard InChI is InChI=1S/C20H24N8O5S/c1-2-32-20(29)27-11-9-26(10-12-27)19-22-8-7-18(23-19)33-14-15-13-28(25-24-15)16-3-5-17(6-4-16)34(21,30)31/h3-8,13H,2,9-12,14H2,1H3,(H2,21,30,31). The number of anilines is 1. The predicted octanol–water partition coefficient (Wildman–Crippen LogP) is 0.562. The average Bonchev–Trinajstić information content (AvgIpc) is 3.32. The third kappa shape index (κ3) is 5.58. The molecule has 3 heterocycles. The van der Waals surface area contributed by atoms with Gasteiger partial charge in [-0.3, -0.25) is 0 Å². The van der Waals surface area contributed by atoms with Gasteiger partial charge in [0.05, 0.1) is 23.4 Å². The highest BCUT2D eigenvalue weighted by molar-refractivity contribution is 7.89. The van der Waals surface area contributed by atoms with Gasteiger partial charge in [-0.25, -0.2) is 28.0 Å². The zero-order valence-corrected chi connectivity index (χ0v) is 19.3. The number of aromatic nitrogens is 5. The number of carbonyl (C=O) groups is 1. The van der Waals surface area contributed by atoms with E-state index in [-0.39, 0.29) is 17.6 Å². The molecule has 0 radical (unpaired) electrons. The quantitative estimate of drug-likeness (QED) is 0.498. The molecule has 3 aromatic rings. The third-order valence-corrected chi connectivity index (χ3v) is 5.97. The second-order valence-corrected chi connectivity index (χ2v) is 8.91. The molecule has 180 valence electrons. The minimum Gasteiger partial charge on any atom is -0.471 e. The summed E-state index contributed by atoms with van der Waals surface area (Å²) in [4.78, 5) is 24.3. The van der Waals surface area contributed by atoms with Crippen molar-refractivity contribution in [3.05, 3.63) is 48.4 Å². The van der Waals surface area contributed by atoms with Gasteiger partial charge >= 0.3 is 6.09 Å². The largest absolute Gasteiger partial charge is 0.471 e. The molecule has 1 aliphatic rings. The van der Waals surface area contributed by atoms with Crippen LogP contribution in [0.4, 0.5) is 10.7 Å². The van der Waals surface area contributed by atoms with Crippen LogP contribution in [-0.4, -0.2) is 77.2 Å². The number of ether oxygens (including phenoxy) is 2. The number of hydrogen-bond acceptors (Lipinski definition) is 10. The number of nitrogens with two attached hydrogens (primary N) is 1. The van der Waals surface area contributed by atoms with Crippen LogP contribution in [0.5, 0.6) is 5.88 Å². The predicted molar refractivity (Wildman–Crippen MR) is 120 cm³/mol. The number of amides is 1. The molecule has 0 aliphatic carbocycles. The van der Waals surface area contributed by atoms with E-state index >= 15 is 0 Å². The minimum absolute atomic E-state index is 0.0155. The van der Waals surface area contributed by atoms with Gasteiger partial charge in [-0.05, 0) is 31.2 Å². The van der Waals surface area contributed by atoms with Crippen LogP contribution >= 0.6 is 0 Å². The van der Waals surface area contributed by atoms with Crippen LogP contribution in [-0.2, 0) is 21.4 Å². The summed E-state index contributed by atoms with van der Waals surface area (Å²) < 4.78 is 35.1. The van der Waals surface area contributed by atoms with E-state index in [1.165, 1.54) is 16.8 Å². The highest BCUT2D eigenvalue weighted by Gasteiger charge is 2.23. The summed E-state index contributed by atoms with van der Waals surface area (Å²) in [5, 5.41) is 13.2. The van der Waals surface area contributed by atoms with Gasteiger partial charge in [0, 0.05) is 38.4 Å². The zero-order chi connectivity index (χ0) is 24.1. The van der Waals surface area contributed by atoms with Crippen LogP contribution in [0.1, 0.15) is 12.6 Å². The highest BCUT2D eigenvalue weighted by atomic mass is 32.2. The third-order valence-electron chi connectivity index (χ3n) is 5.04. The lowest BCUT2D eigenvalue weighted by atomic mass is 10.3. The summed E-state index contributed by atoms with van der Waals surface area (Å²) in [6.45, 7) is 4.47. The van der Waals surface area contributed by atoms with Gasteiger partial charge in [-0.15, -0.1) is 5.10 Å². The molecule has 0 atom stereocenters. The first kappa shape index (κ1) is 23.4. The Bertz CT molecular complexity index is 1240. The van der Waals surface area contributed by atoms with Gasteiger partial charge in [0.15, 0.2) is 0 Å². The average molecular weight is 489 g/mol. The molecule has 0 spiro atoms. The van der Waals surface area contributed by atoms with Gasteiger partial charge in [0.1, 0.15) is 12.3 Å². The Morgan fingerprint density at radius 2 is 1.85 bits per heavy atom. The number of rotatable bonds is 7. The maximum Gasteiger partial charge on any atom is 0.409 e. The summed E-state index contributed by atoms with van der Waals surface area (Å²) in [6.07, 6.45) is 2.97. The Kier molecular flexibility index (Phi) is 6.88. The topological polar surface area (TPSA) is 159 Å². The van der Waals surface area contributed by atoms with E-state index in [4.69, 9.17) is 14.6 Å². The number of primary sulfonamides is 1. The van der Waals surface area contributed by atoms with Crippen molar-refractivity contribution in [3.63, 3.8) is 0 Å². The van der Waals surface area contributed by atoms with E-state index < -0.39 is 10.0 Å². The molecule has 0 unspecified atom stereocenters. The summed E-state index contributed by atoms with van der Waals surface area (Å²) in [5.41, 5.74) is 1.18. The Morgan fingerprint density at radius 1 is 1.12 bits per heavy atom. The molecule has 0 bridgehead atoms. The number of sulfonamides is 1. The fourth-order valence-electron chi connectivity index (χ4n) is 3.30. The molecule has 1 fully saturated rings. The van der Waals surface area contributed by atoms with E-state index in [9.17, 15) is 13.2 Å². The summed E-state index contributed by atoms with van der Waals surface area (Å²) in [7, 11) is -3.76. The van der Waals surface area contributed by atoms with Crippen molar-refractivity contribution in [3.8, 4) is 11.6 Å². The maximum absolute atomic E-state index is 11.9. The van der Waals surface area contributed by atoms with Crippen molar-refractivity contribution in [2.45, 2.75) is 18.4 Å². The van der Waals surface area contributed by atoms with Crippen LogP contribution in [0.15, 0.2) is 47.6 Å². The van der Waals surface area contributed by atoms with E-state index in [1.54, 1.807) is 42.4 Å². The van der Waals surface area contributed by atoms with Crippen LogP contribution in [0.25, 0.3) is 5.69 Å². The van der Waals surface area contributed by atoms with Crippen molar-refractivity contribution < 1.29 is 22.7 Å². The van der Waals surface area contributed by atoms with Crippen molar-refractivity contribution in [1.82, 2.24) is 29.9 Å². The molecular formula is C20H24N8O5S. The molecule has 14 heteroatoms. The fourth-order valence-corrected chi connectivity index (χ4v) is 3.81. The van der Waals surface area contributed by atoms with Gasteiger partial charge in [-0.2, -0.15) is 4.98 Å². The molecule has 1 saturated heterocycles. The van der Waals surface area contributed by atoms with E-state index in [1.807, 2.05) is 4.90 Å². The number of benzene rings is 1. The van der Waals surface area contributed by atoms with Gasteiger partial charge in [-0.1, -0.05) is 5.21 Å². The van der Waals surface area contributed by atoms with Crippen molar-refractivity contribution in [2.75, 3.05) is 37.7 Å². The number of nitrogens with zero attached hydrogens (tertiary/aromatic N) is 7. The molecular weight excluding hydrogens is 464 g/mol. The van der Waals surface area contributed by atoms with Crippen LogP contribution < -0.4 is 14.8 Å². The molecule has 2 N–H and O–H groups in total. The molecule has 0 saturated carbocycles. The Labute approximate surface area is 196 Å². The van der Waals surface area contributed by atoms with Crippen LogP contribution in [0, 0.1) is 0 Å². The lowest BCUT2D eigenvalue weighted by Crippen LogP contribution is -2.49. The van der Waals surface area contributed by atoms with Crippen LogP contribution in [0.2, 0.25) is 0 Å². The Balaban J connectivity index is 1.34. The first-order valence-electron chi connectivity index (χ1n) is 10.5. The first-order chi connectivity index (χ1) is 16.3. The lowest BCUT2D eigenvalue weighted by Gasteiger charge is -2.33. The van der Waals surface area contributed by atoms with Crippen molar-refractivity contribution in [1.29, 1.82) is 0 Å². The molecule has 2 aromatic heterocycles. The molecule has 1 aliphatic heterocycles. The molecule has 4 rings (SSSR count). The van der Waals surface area contributed by atoms with E-state index in [2.05, 4.69) is 20.3 Å². The summed E-state index contributed by atoms with van der Waals surface area (Å²) in [6, 6.07) is 7.61. The van der Waals surface area contributed by atoms with Gasteiger partial charge in [0.2, 0.25) is 21.9 Å². The van der Waals surface area contributed by atoms with Crippen molar-refractivity contribution in [2.24, 2.45) is 5.14 Å². The molecule has 13 nitrogen and oxygen atoms in total. The minimum atomic E-state index is -3.76. The monoisotopic (exact) mass is 488 g/mol. The van der Waals surface area contributed by atoms with E-state index in [0.717, 1.165) is 0 Å². The molecule has 1 aromatic carbocycles. The number of carbonyl (C=O) groups excluding carboxylic acids is 1. The SMILES string of the molecule is CCOC(=O)N1CCN(c2nccc(OCc3cn(-c4ccc(S(N)(=O)=O)cc4)nn3)n2)CC1. The van der Waals surface area contributed by atoms with Crippen molar-refractivity contribution >= 4 is 22.1 Å². The Hall–Kier alpha value is -3.78. The summed E-state index contributed by atoms with van der Waals surface area (Å²) >= 11 is 0. The normalized spacial score (nSPS) is 14.2. The molecule has 34 heavy (non-hydrogen) atoms. The number of hydrogen-bond donors (Lipinski definition) is 1. The first-order valence-corrected chi connectivity index (χ1v) is 12.0. The van der Waals surface area contributed by atoms with Crippen LogP contribution in [0.3, 0.4) is 0 Å². The second-order valence-electron chi connectivity index (χ2n) is 7.35. The Morgan fingerprint density at radius 3 is 2.53 bits per heavy atom. The maximum atomic E-state index is 11.9. The zero-order valence-electron chi connectivity index (χ0n) is 18.4. The van der Waals surface area contributed by atoms with E-state index in [0.29, 0.717) is 56.0 Å². The van der Waals surface area contributed by atoms with Gasteiger partial charge in [0.25, 0.3) is 0 Å². The second kappa shape index (κ2) is 10.0. The fraction of sp³-hybridized carbons (Fsp3) is 0.350. The molecule has 1 amide bonds.